The van der Waals surface area contributed by atoms with E-state index in [9.17, 15) is 0 Å². The highest BCUT2D eigenvalue weighted by molar-refractivity contribution is 9.13. The maximum absolute atomic E-state index is 3.58. The number of halogens is 2. The summed E-state index contributed by atoms with van der Waals surface area (Å²) in [5.74, 6) is 0.808. The first-order valence-electron chi connectivity index (χ1n) is 6.94. The summed E-state index contributed by atoms with van der Waals surface area (Å²) in [6, 6.07) is 2.84. The topological polar surface area (TPSA) is 15.3 Å². The van der Waals surface area contributed by atoms with Gasteiger partial charge in [0, 0.05) is 28.5 Å². The van der Waals surface area contributed by atoms with E-state index in [0.717, 1.165) is 19.0 Å². The first kappa shape index (κ1) is 16.0. The van der Waals surface area contributed by atoms with Gasteiger partial charge in [0.1, 0.15) is 0 Å². The smallest absolute Gasteiger partial charge is 0.0843 e. The van der Waals surface area contributed by atoms with Crippen molar-refractivity contribution in [1.82, 2.24) is 10.2 Å². The molecule has 19 heavy (non-hydrogen) atoms. The molecular weight excluding hydrogens is 388 g/mol. The van der Waals surface area contributed by atoms with Crippen molar-refractivity contribution >= 4 is 43.2 Å². The molecular formula is C14H22Br2N2S. The van der Waals surface area contributed by atoms with Crippen LogP contribution in [0.4, 0.5) is 0 Å². The number of piperidine rings is 1. The molecule has 2 nitrogen and oxygen atoms in total. The van der Waals surface area contributed by atoms with Crippen LogP contribution in [0.25, 0.3) is 0 Å². The number of nitrogens with one attached hydrogen (secondary N) is 1. The summed E-state index contributed by atoms with van der Waals surface area (Å²) in [6.07, 6.45) is 2.70. The summed E-state index contributed by atoms with van der Waals surface area (Å²) >= 11 is 8.99. The fourth-order valence-electron chi connectivity index (χ4n) is 2.55. The van der Waals surface area contributed by atoms with E-state index in [2.05, 4.69) is 62.0 Å². The SMILES string of the molecule is CC(C)NCC1CCCN(Cc2cc(Br)c(Br)s2)C1. The Kier molecular flexibility index (Phi) is 6.34. The lowest BCUT2D eigenvalue weighted by molar-refractivity contribution is 0.165. The van der Waals surface area contributed by atoms with Gasteiger partial charge in [0.25, 0.3) is 0 Å². The van der Waals surface area contributed by atoms with Crippen LogP contribution in [0.3, 0.4) is 0 Å². The number of rotatable bonds is 5. The first-order valence-corrected chi connectivity index (χ1v) is 9.34. The third-order valence-corrected chi connectivity index (χ3v) is 6.73. The molecule has 1 unspecified atom stereocenters. The lowest BCUT2D eigenvalue weighted by Crippen LogP contribution is -2.40. The zero-order valence-electron chi connectivity index (χ0n) is 11.6. The molecule has 0 aromatic carbocycles. The van der Waals surface area contributed by atoms with Gasteiger partial charge in [-0.1, -0.05) is 13.8 Å². The highest BCUT2D eigenvalue weighted by Crippen LogP contribution is 2.33. The molecule has 2 rings (SSSR count). The summed E-state index contributed by atoms with van der Waals surface area (Å²) < 4.78 is 2.39. The average Bonchev–Trinajstić information content (AvgIpc) is 2.66. The molecule has 108 valence electrons. The van der Waals surface area contributed by atoms with Gasteiger partial charge in [-0.15, -0.1) is 11.3 Å². The van der Waals surface area contributed by atoms with Crippen LogP contribution in [0, 0.1) is 5.92 Å². The number of likely N-dealkylation sites (tertiary alicyclic amines) is 1. The second kappa shape index (κ2) is 7.55. The predicted octanol–water partition coefficient (Wildman–Crippen LogP) is 4.48. The van der Waals surface area contributed by atoms with Crippen LogP contribution >= 0.6 is 43.2 Å². The van der Waals surface area contributed by atoms with E-state index in [4.69, 9.17) is 0 Å². The highest BCUT2D eigenvalue weighted by atomic mass is 79.9. The first-order chi connectivity index (χ1) is 9.04. The van der Waals surface area contributed by atoms with Crippen LogP contribution in [-0.2, 0) is 6.54 Å². The van der Waals surface area contributed by atoms with Crippen molar-refractivity contribution in [2.45, 2.75) is 39.3 Å². The molecule has 1 aromatic rings. The van der Waals surface area contributed by atoms with Crippen molar-refractivity contribution in [2.24, 2.45) is 5.92 Å². The second-order valence-corrected chi connectivity index (χ2v) is 8.95. The van der Waals surface area contributed by atoms with E-state index >= 15 is 0 Å². The Morgan fingerprint density at radius 3 is 2.89 bits per heavy atom. The van der Waals surface area contributed by atoms with Gasteiger partial charge in [0.2, 0.25) is 0 Å². The molecule has 0 radical (unpaired) electrons. The van der Waals surface area contributed by atoms with Crippen molar-refractivity contribution < 1.29 is 0 Å². The van der Waals surface area contributed by atoms with Gasteiger partial charge in [-0.25, -0.2) is 0 Å². The molecule has 1 fully saturated rings. The third kappa shape index (κ3) is 5.12. The molecule has 1 saturated heterocycles. The molecule has 0 spiro atoms. The van der Waals surface area contributed by atoms with Crippen molar-refractivity contribution in [3.8, 4) is 0 Å². The minimum absolute atomic E-state index is 0.597. The standard InChI is InChI=1S/C14H22Br2N2S/c1-10(2)17-7-11-4-3-5-18(8-11)9-12-6-13(15)14(16)19-12/h6,10-11,17H,3-5,7-9H2,1-2H3. The van der Waals surface area contributed by atoms with E-state index in [-0.39, 0.29) is 0 Å². The Labute approximate surface area is 137 Å². The van der Waals surface area contributed by atoms with Crippen molar-refractivity contribution in [2.75, 3.05) is 19.6 Å². The minimum Gasteiger partial charge on any atom is -0.314 e. The summed E-state index contributed by atoms with van der Waals surface area (Å²) in [7, 11) is 0. The summed E-state index contributed by atoms with van der Waals surface area (Å²) in [6.45, 7) is 9.17. The molecule has 1 atom stereocenters. The van der Waals surface area contributed by atoms with Crippen molar-refractivity contribution in [3.63, 3.8) is 0 Å². The molecule has 2 heterocycles. The fourth-order valence-corrected chi connectivity index (χ4v) is 4.77. The average molecular weight is 410 g/mol. The Hall–Kier alpha value is 0.580. The second-order valence-electron chi connectivity index (χ2n) is 5.64. The third-order valence-electron chi connectivity index (χ3n) is 3.49. The summed E-state index contributed by atoms with van der Waals surface area (Å²) in [5.41, 5.74) is 0. The Morgan fingerprint density at radius 1 is 1.47 bits per heavy atom. The molecule has 0 bridgehead atoms. The lowest BCUT2D eigenvalue weighted by Gasteiger charge is -2.33. The van der Waals surface area contributed by atoms with Crippen molar-refractivity contribution in [1.29, 1.82) is 0 Å². The molecule has 1 aromatic heterocycles. The van der Waals surface area contributed by atoms with Gasteiger partial charge in [-0.2, -0.15) is 0 Å². The van der Waals surface area contributed by atoms with Gasteiger partial charge in [0.05, 0.1) is 3.79 Å². The van der Waals surface area contributed by atoms with Crippen molar-refractivity contribution in [3.05, 3.63) is 19.2 Å². The number of hydrogen-bond donors (Lipinski definition) is 1. The molecule has 1 aliphatic heterocycles. The Bertz CT molecular complexity index is 387. The van der Waals surface area contributed by atoms with Gasteiger partial charge in [-0.05, 0) is 69.8 Å². The maximum atomic E-state index is 3.58. The zero-order valence-corrected chi connectivity index (χ0v) is 15.6. The van der Waals surface area contributed by atoms with Gasteiger partial charge >= 0.3 is 0 Å². The van der Waals surface area contributed by atoms with Crippen LogP contribution in [0.2, 0.25) is 0 Å². The zero-order chi connectivity index (χ0) is 13.8. The van der Waals surface area contributed by atoms with Crippen LogP contribution in [0.1, 0.15) is 31.6 Å². The molecule has 5 heteroatoms. The van der Waals surface area contributed by atoms with Gasteiger partial charge < -0.3 is 5.32 Å². The van der Waals surface area contributed by atoms with Crippen LogP contribution in [0.15, 0.2) is 14.3 Å². The van der Waals surface area contributed by atoms with Crippen LogP contribution in [0.5, 0.6) is 0 Å². The summed E-state index contributed by atoms with van der Waals surface area (Å²) in [4.78, 5) is 4.04. The van der Waals surface area contributed by atoms with E-state index in [1.807, 2.05) is 11.3 Å². The lowest BCUT2D eigenvalue weighted by atomic mass is 9.97. The Balaban J connectivity index is 1.83. The highest BCUT2D eigenvalue weighted by Gasteiger charge is 2.20. The Morgan fingerprint density at radius 2 is 2.26 bits per heavy atom. The molecule has 0 aliphatic carbocycles. The minimum atomic E-state index is 0.597. The fraction of sp³-hybridized carbons (Fsp3) is 0.714. The molecule has 1 aliphatic rings. The largest absolute Gasteiger partial charge is 0.314 e. The van der Waals surface area contributed by atoms with E-state index in [1.165, 1.54) is 39.1 Å². The van der Waals surface area contributed by atoms with Gasteiger partial charge in [-0.3, -0.25) is 4.90 Å². The molecule has 0 saturated carbocycles. The van der Waals surface area contributed by atoms with Gasteiger partial charge in [0.15, 0.2) is 0 Å². The number of hydrogen-bond acceptors (Lipinski definition) is 3. The molecule has 1 N–H and O–H groups in total. The summed E-state index contributed by atoms with van der Waals surface area (Å²) in [5, 5.41) is 3.57. The van der Waals surface area contributed by atoms with E-state index in [1.54, 1.807) is 0 Å². The molecule has 0 amide bonds. The monoisotopic (exact) mass is 408 g/mol. The normalized spacial score (nSPS) is 21.2. The quantitative estimate of drug-likeness (QED) is 0.770. The van der Waals surface area contributed by atoms with E-state index < -0.39 is 0 Å². The van der Waals surface area contributed by atoms with Crippen LogP contribution < -0.4 is 5.32 Å². The number of nitrogens with zero attached hydrogens (tertiary/aromatic N) is 1. The number of thiophene rings is 1. The van der Waals surface area contributed by atoms with E-state index in [0.29, 0.717) is 6.04 Å². The van der Waals surface area contributed by atoms with Crippen LogP contribution in [-0.4, -0.2) is 30.6 Å². The maximum Gasteiger partial charge on any atom is 0.0843 e. The predicted molar refractivity (Wildman–Crippen MR) is 90.9 cm³/mol.